The van der Waals surface area contributed by atoms with Crippen LogP contribution in [0, 0.1) is 35.5 Å². The van der Waals surface area contributed by atoms with Gasteiger partial charge in [-0.2, -0.15) is 0 Å². The van der Waals surface area contributed by atoms with Crippen LogP contribution in [-0.4, -0.2) is 127 Å². The fraction of sp³-hybridized carbons (Fsp3) is 0.725. The van der Waals surface area contributed by atoms with Gasteiger partial charge < -0.3 is 43.6 Å². The Morgan fingerprint density at radius 1 is 0.923 bits per heavy atom. The van der Waals surface area contributed by atoms with Crippen molar-refractivity contribution in [3.05, 3.63) is 47.6 Å². The Balaban J connectivity index is 1.73. The SMILES string of the molecule is COCC(=O)[C@H](C)C[C@H](C)C=CC=CC=C(C)[C@@H](C[C@@H]1CC[C@@H](C)[C@](O)(C(=O)C(=O)N2CCCCC2C(=O)O[C@@H](CC(=O)C(C)=CC(C)C=O)[C@H](C)CC2CC[C@@H](O)[C@H](OC)C2)O1)OC. The second kappa shape index (κ2) is 27.2. The highest BCUT2D eigenvalue weighted by molar-refractivity contribution is 6.39. The zero-order valence-corrected chi connectivity index (χ0v) is 40.7. The Morgan fingerprint density at radius 2 is 1.65 bits per heavy atom. The summed E-state index contributed by atoms with van der Waals surface area (Å²) in [5, 5.41) is 22.3. The van der Waals surface area contributed by atoms with Crippen LogP contribution in [0.1, 0.15) is 126 Å². The van der Waals surface area contributed by atoms with Crippen LogP contribution >= 0.6 is 0 Å². The number of allylic oxidation sites excluding steroid dienone is 7. The van der Waals surface area contributed by atoms with E-state index in [-0.39, 0.29) is 67.3 Å². The average molecular weight is 914 g/mol. The number of carbonyl (C=O) groups excluding carboxylic acids is 6. The molecule has 0 aromatic carbocycles. The Hall–Kier alpha value is -3.66. The molecule has 2 heterocycles. The Bertz CT molecular complexity index is 1720. The molecule has 2 saturated heterocycles. The molecule has 0 bridgehead atoms. The van der Waals surface area contributed by atoms with Gasteiger partial charge in [0.05, 0.1) is 24.4 Å². The fourth-order valence-corrected chi connectivity index (χ4v) is 9.40. The summed E-state index contributed by atoms with van der Waals surface area (Å²) in [5.41, 5.74) is 1.26. The first-order valence-electron chi connectivity index (χ1n) is 23.7. The lowest BCUT2D eigenvalue weighted by molar-refractivity contribution is -0.265. The number of ether oxygens (including phenoxy) is 5. The number of aliphatic hydroxyl groups excluding tert-OH is 1. The molecule has 13 atom stereocenters. The molecule has 2 N–H and O–H groups in total. The smallest absolute Gasteiger partial charge is 0.329 e. The van der Waals surface area contributed by atoms with E-state index >= 15 is 0 Å². The minimum Gasteiger partial charge on any atom is -0.460 e. The van der Waals surface area contributed by atoms with Crippen molar-refractivity contribution in [2.75, 3.05) is 34.5 Å². The quantitative estimate of drug-likeness (QED) is 0.0326. The summed E-state index contributed by atoms with van der Waals surface area (Å²) >= 11 is 0. The van der Waals surface area contributed by atoms with Crippen LogP contribution in [0.25, 0.3) is 0 Å². The van der Waals surface area contributed by atoms with Crippen LogP contribution in [0.2, 0.25) is 0 Å². The molecule has 2 aliphatic heterocycles. The lowest BCUT2D eigenvalue weighted by Crippen LogP contribution is -2.61. The highest BCUT2D eigenvalue weighted by Gasteiger charge is 2.53. The molecule has 3 rings (SSSR count). The van der Waals surface area contributed by atoms with Crippen molar-refractivity contribution in [2.24, 2.45) is 35.5 Å². The molecule has 14 heteroatoms. The van der Waals surface area contributed by atoms with Crippen molar-refractivity contribution in [1.29, 1.82) is 0 Å². The largest absolute Gasteiger partial charge is 0.460 e. The molecular formula is C51H79NO13. The first kappa shape index (κ1) is 55.7. The molecule has 3 unspecified atom stereocenters. The number of ketones is 3. The third kappa shape index (κ3) is 16.6. The Morgan fingerprint density at radius 3 is 2.31 bits per heavy atom. The van der Waals surface area contributed by atoms with Crippen LogP contribution in [0.5, 0.6) is 0 Å². The average Bonchev–Trinajstić information content (AvgIpc) is 3.28. The summed E-state index contributed by atoms with van der Waals surface area (Å²) in [4.78, 5) is 80.6. The molecule has 0 aromatic rings. The minimum atomic E-state index is -2.44. The van der Waals surface area contributed by atoms with E-state index in [1.807, 2.05) is 51.2 Å². The van der Waals surface area contributed by atoms with Gasteiger partial charge in [-0.05, 0) is 107 Å². The van der Waals surface area contributed by atoms with E-state index in [1.165, 1.54) is 12.0 Å². The number of aldehydes is 1. The molecule has 0 spiro atoms. The van der Waals surface area contributed by atoms with Crippen molar-refractivity contribution in [3.63, 3.8) is 0 Å². The van der Waals surface area contributed by atoms with Gasteiger partial charge in [0.2, 0.25) is 5.79 Å². The van der Waals surface area contributed by atoms with E-state index in [0.717, 1.165) is 24.7 Å². The van der Waals surface area contributed by atoms with Crippen molar-refractivity contribution in [1.82, 2.24) is 4.90 Å². The first-order valence-corrected chi connectivity index (χ1v) is 23.7. The summed E-state index contributed by atoms with van der Waals surface area (Å²) in [5.74, 6) is -6.78. The first-order chi connectivity index (χ1) is 30.8. The maximum absolute atomic E-state index is 14.2. The maximum atomic E-state index is 14.2. The summed E-state index contributed by atoms with van der Waals surface area (Å²) in [6, 6.07) is -1.12. The second-order valence-electron chi connectivity index (χ2n) is 19.1. The van der Waals surface area contributed by atoms with Crippen molar-refractivity contribution in [2.45, 2.75) is 168 Å². The van der Waals surface area contributed by atoms with E-state index < -0.39 is 65.7 Å². The number of likely N-dealkylation sites (tertiary alicyclic amines) is 1. The van der Waals surface area contributed by atoms with Gasteiger partial charge in [-0.25, -0.2) is 4.79 Å². The van der Waals surface area contributed by atoms with Crippen LogP contribution in [0.3, 0.4) is 0 Å². The van der Waals surface area contributed by atoms with Crippen LogP contribution in [-0.2, 0) is 52.5 Å². The summed E-state index contributed by atoms with van der Waals surface area (Å²) < 4.78 is 28.6. The maximum Gasteiger partial charge on any atom is 0.329 e. The molecular weight excluding hydrogens is 835 g/mol. The van der Waals surface area contributed by atoms with E-state index in [4.69, 9.17) is 23.7 Å². The van der Waals surface area contributed by atoms with Gasteiger partial charge >= 0.3 is 5.97 Å². The van der Waals surface area contributed by atoms with E-state index in [9.17, 15) is 39.0 Å². The molecule has 1 amide bonds. The van der Waals surface area contributed by atoms with E-state index in [2.05, 4.69) is 6.92 Å². The summed E-state index contributed by atoms with van der Waals surface area (Å²) in [6.45, 7) is 13.0. The number of piperidine rings is 1. The highest BCUT2D eigenvalue weighted by atomic mass is 16.6. The number of nitrogens with zero attached hydrogens (tertiary/aromatic N) is 1. The van der Waals surface area contributed by atoms with Gasteiger partial charge in [0.15, 0.2) is 11.6 Å². The number of hydrogen-bond acceptors (Lipinski definition) is 13. The predicted molar refractivity (Wildman–Crippen MR) is 246 cm³/mol. The molecule has 1 aliphatic carbocycles. The number of rotatable bonds is 25. The Kier molecular flexibility index (Phi) is 23.3. The monoisotopic (exact) mass is 914 g/mol. The van der Waals surface area contributed by atoms with Crippen LogP contribution < -0.4 is 0 Å². The zero-order valence-electron chi connectivity index (χ0n) is 40.7. The third-order valence-electron chi connectivity index (χ3n) is 13.7. The van der Waals surface area contributed by atoms with Gasteiger partial charge in [-0.1, -0.05) is 71.1 Å². The van der Waals surface area contributed by atoms with E-state index in [1.54, 1.807) is 41.1 Å². The van der Waals surface area contributed by atoms with Crippen molar-refractivity contribution in [3.8, 4) is 0 Å². The molecule has 14 nitrogen and oxygen atoms in total. The topological polar surface area (TPSA) is 192 Å². The van der Waals surface area contributed by atoms with Crippen LogP contribution in [0.4, 0.5) is 0 Å². The van der Waals surface area contributed by atoms with E-state index in [0.29, 0.717) is 56.9 Å². The number of Topliss-reactive ketones (excluding diaryl/α,β-unsaturated/α-hetero) is 3. The van der Waals surface area contributed by atoms with Crippen molar-refractivity contribution < 1.29 is 62.7 Å². The number of amides is 1. The molecule has 3 fully saturated rings. The lowest BCUT2D eigenvalue weighted by atomic mass is 9.78. The van der Waals surface area contributed by atoms with Gasteiger partial charge in [0.1, 0.15) is 25.0 Å². The molecule has 0 radical (unpaired) electrons. The zero-order chi connectivity index (χ0) is 48.4. The Labute approximate surface area is 387 Å². The lowest BCUT2D eigenvalue weighted by Gasteiger charge is -2.42. The minimum absolute atomic E-state index is 0.0795. The summed E-state index contributed by atoms with van der Waals surface area (Å²) in [7, 11) is 4.66. The fourth-order valence-electron chi connectivity index (χ4n) is 9.40. The standard InChI is InChI=1S/C51H79NO13/c1-32(24-36(5)44(56)31-61-8)16-12-11-13-17-34(3)45(62-9)28-40-21-19-38(7)51(60,65-40)48(57)49(58)52-23-15-14-18-41(52)50(59)64-46(29-43(55)35(4)25-33(2)30-53)37(6)26-39-20-22-42(54)47(27-39)63-10/h11-13,16-17,25,30,32-33,36-42,45-47,54,60H,14-15,18-24,26-29,31H2,1-10H3/t32-,33?,36-,37-,38-,39?,40+,41?,42-,45-,46+,47-,51-/m1/s1. The highest BCUT2D eigenvalue weighted by Crippen LogP contribution is 2.37. The van der Waals surface area contributed by atoms with Gasteiger partial charge in [0.25, 0.3) is 11.7 Å². The van der Waals surface area contributed by atoms with Gasteiger partial charge in [-0.15, -0.1) is 0 Å². The second-order valence-corrected chi connectivity index (χ2v) is 19.1. The normalized spacial score (nSPS) is 28.6. The number of hydrogen-bond donors (Lipinski definition) is 2. The van der Waals surface area contributed by atoms with Crippen molar-refractivity contribution >= 4 is 35.5 Å². The van der Waals surface area contributed by atoms with Crippen LogP contribution in [0.15, 0.2) is 47.6 Å². The van der Waals surface area contributed by atoms with Gasteiger partial charge in [-0.3, -0.25) is 19.2 Å². The predicted octanol–water partition coefficient (Wildman–Crippen LogP) is 6.64. The molecule has 1 saturated carbocycles. The third-order valence-corrected chi connectivity index (χ3v) is 13.7. The number of aliphatic hydroxyl groups is 2. The summed E-state index contributed by atoms with van der Waals surface area (Å²) in [6.07, 6.45) is 14.9. The molecule has 366 valence electrons. The number of carbonyl (C=O) groups is 6. The molecule has 3 aliphatic rings. The van der Waals surface area contributed by atoms with Gasteiger partial charge in [0, 0.05) is 58.5 Å². The molecule has 0 aromatic heterocycles. The number of methoxy groups -OCH3 is 3. The molecule has 65 heavy (non-hydrogen) atoms. The number of esters is 1.